The number of nitriles is 1. The number of hydrogen-bond donors (Lipinski definition) is 3. The summed E-state index contributed by atoms with van der Waals surface area (Å²) in [7, 11) is -3.76. The van der Waals surface area contributed by atoms with E-state index in [0.29, 0.717) is 28.7 Å². The summed E-state index contributed by atoms with van der Waals surface area (Å²) in [5.41, 5.74) is 3.79. The van der Waals surface area contributed by atoms with Crippen LogP contribution in [0.15, 0.2) is 59.5 Å². The van der Waals surface area contributed by atoms with E-state index >= 15 is 0 Å². The zero-order valence-corrected chi connectivity index (χ0v) is 23.2. The highest BCUT2D eigenvalue weighted by molar-refractivity contribution is 8.22. The lowest BCUT2D eigenvalue weighted by Crippen LogP contribution is -2.30. The molecule has 0 aliphatic carbocycles. The number of carboxylic acid groups (broad SMARTS) is 1. The molecule has 0 radical (unpaired) electrons. The van der Waals surface area contributed by atoms with Crippen molar-refractivity contribution in [1.29, 1.82) is 5.26 Å². The van der Waals surface area contributed by atoms with Gasteiger partial charge in [-0.2, -0.15) is 22.7 Å². The maximum absolute atomic E-state index is 13.5. The first-order chi connectivity index (χ1) is 18.7. The first-order valence-electron chi connectivity index (χ1n) is 12.8. The van der Waals surface area contributed by atoms with E-state index in [2.05, 4.69) is 6.07 Å². The second-order valence-electron chi connectivity index (χ2n) is 10.5. The van der Waals surface area contributed by atoms with Crippen LogP contribution in [0, 0.1) is 31.1 Å². The van der Waals surface area contributed by atoms with Crippen LogP contribution in [0.2, 0.25) is 0 Å². The Morgan fingerprint density at radius 2 is 1.82 bits per heavy atom. The van der Waals surface area contributed by atoms with Crippen LogP contribution in [0.1, 0.15) is 63.8 Å². The SMILES string of the molecule is Cc1ccc(C(CC(=O)O)c2ccc(C#N)cc2C)cc1CN1CC(C)Cc2ccc(C(F)(F)F)cc2S1(O)O. The van der Waals surface area contributed by atoms with E-state index in [-0.39, 0.29) is 30.3 Å². The summed E-state index contributed by atoms with van der Waals surface area (Å²) >= 11 is 0. The normalized spacial score (nSPS) is 18.7. The van der Waals surface area contributed by atoms with Crippen LogP contribution < -0.4 is 0 Å². The van der Waals surface area contributed by atoms with Gasteiger partial charge in [0.15, 0.2) is 0 Å². The second kappa shape index (κ2) is 11.3. The molecule has 40 heavy (non-hydrogen) atoms. The van der Waals surface area contributed by atoms with Crippen molar-refractivity contribution in [2.45, 2.75) is 57.1 Å². The average molecular weight is 573 g/mol. The molecule has 0 aromatic heterocycles. The van der Waals surface area contributed by atoms with E-state index in [4.69, 9.17) is 0 Å². The highest BCUT2D eigenvalue weighted by Gasteiger charge is 2.37. The van der Waals surface area contributed by atoms with Crippen LogP contribution in [0.4, 0.5) is 13.2 Å². The molecule has 3 N–H and O–H groups in total. The van der Waals surface area contributed by atoms with Crippen molar-refractivity contribution >= 4 is 16.7 Å². The number of aryl methyl sites for hydroxylation is 2. The summed E-state index contributed by atoms with van der Waals surface area (Å²) in [5, 5.41) is 18.9. The molecule has 0 spiro atoms. The number of halogens is 3. The highest BCUT2D eigenvalue weighted by atomic mass is 32.3. The fourth-order valence-electron chi connectivity index (χ4n) is 5.33. The lowest BCUT2D eigenvalue weighted by molar-refractivity contribution is -0.138. The minimum absolute atomic E-state index is 0.0498. The van der Waals surface area contributed by atoms with Gasteiger partial charge in [0.05, 0.1) is 28.5 Å². The largest absolute Gasteiger partial charge is 0.481 e. The smallest absolute Gasteiger partial charge is 0.416 e. The predicted octanol–water partition coefficient (Wildman–Crippen LogP) is 7.52. The summed E-state index contributed by atoms with van der Waals surface area (Å²) in [6.45, 7) is 5.88. The lowest BCUT2D eigenvalue weighted by Gasteiger charge is -2.43. The molecule has 6 nitrogen and oxygen atoms in total. The minimum Gasteiger partial charge on any atom is -0.481 e. The van der Waals surface area contributed by atoms with Gasteiger partial charge in [0.1, 0.15) is 0 Å². The number of alkyl halides is 3. The third-order valence-electron chi connectivity index (χ3n) is 7.41. The van der Waals surface area contributed by atoms with Crippen molar-refractivity contribution in [2.24, 2.45) is 5.92 Å². The summed E-state index contributed by atoms with van der Waals surface area (Å²) < 4.78 is 64.6. The fourth-order valence-corrected chi connectivity index (χ4v) is 7.17. The molecule has 1 aliphatic rings. The summed E-state index contributed by atoms with van der Waals surface area (Å²) in [4.78, 5) is 11.7. The first kappa shape index (κ1) is 29.6. The molecule has 0 saturated heterocycles. The summed E-state index contributed by atoms with van der Waals surface area (Å²) in [6, 6.07) is 15.8. The number of rotatable bonds is 6. The van der Waals surface area contributed by atoms with Crippen LogP contribution in [0.25, 0.3) is 0 Å². The highest BCUT2D eigenvalue weighted by Crippen LogP contribution is 2.57. The molecule has 4 rings (SSSR count). The zero-order valence-electron chi connectivity index (χ0n) is 22.4. The quantitative estimate of drug-likeness (QED) is 0.282. The van der Waals surface area contributed by atoms with Crippen molar-refractivity contribution in [3.63, 3.8) is 0 Å². The molecule has 2 unspecified atom stereocenters. The fraction of sp³-hybridized carbons (Fsp3) is 0.333. The maximum atomic E-state index is 13.5. The predicted molar refractivity (Wildman–Crippen MR) is 147 cm³/mol. The van der Waals surface area contributed by atoms with Gasteiger partial charge in [0.2, 0.25) is 0 Å². The number of fused-ring (bicyclic) bond motifs is 1. The average Bonchev–Trinajstić information content (AvgIpc) is 2.96. The Labute approximate surface area is 233 Å². The number of benzene rings is 3. The molecule has 0 saturated carbocycles. The molecule has 212 valence electrons. The van der Waals surface area contributed by atoms with Crippen LogP contribution >= 0.6 is 10.8 Å². The van der Waals surface area contributed by atoms with Crippen molar-refractivity contribution in [3.05, 3.63) is 99.1 Å². The van der Waals surface area contributed by atoms with Crippen LogP contribution in [-0.2, 0) is 23.9 Å². The van der Waals surface area contributed by atoms with Crippen LogP contribution in [0.3, 0.4) is 0 Å². The number of hydrogen-bond acceptors (Lipinski definition) is 5. The monoisotopic (exact) mass is 572 g/mol. The van der Waals surface area contributed by atoms with E-state index in [9.17, 15) is 37.4 Å². The molecule has 1 heterocycles. The Morgan fingerprint density at radius 1 is 1.10 bits per heavy atom. The van der Waals surface area contributed by atoms with Gasteiger partial charge in [-0.25, -0.2) is 0 Å². The van der Waals surface area contributed by atoms with Crippen LogP contribution in [0.5, 0.6) is 0 Å². The van der Waals surface area contributed by atoms with Crippen molar-refractivity contribution in [2.75, 3.05) is 6.54 Å². The molecule has 0 fully saturated rings. The molecular formula is C30H31F3N2O4S. The van der Waals surface area contributed by atoms with Crippen molar-refractivity contribution in [1.82, 2.24) is 4.31 Å². The third-order valence-corrected chi connectivity index (χ3v) is 9.38. The molecule has 0 bridgehead atoms. The van der Waals surface area contributed by atoms with Gasteiger partial charge in [-0.3, -0.25) is 13.9 Å². The Bertz CT molecular complexity index is 1480. The number of nitrogens with zero attached hydrogens (tertiary/aromatic N) is 2. The third kappa shape index (κ3) is 6.18. The molecule has 2 atom stereocenters. The molecule has 0 amide bonds. The van der Waals surface area contributed by atoms with Gasteiger partial charge in [0, 0.05) is 19.0 Å². The number of carboxylic acids is 1. The molecular weight excluding hydrogens is 541 g/mol. The Balaban J connectivity index is 1.75. The van der Waals surface area contributed by atoms with Gasteiger partial charge in [-0.05, 0) is 83.8 Å². The molecule has 10 heteroatoms. The van der Waals surface area contributed by atoms with E-state index in [0.717, 1.165) is 28.8 Å². The molecule has 3 aromatic carbocycles. The number of carbonyl (C=O) groups is 1. The maximum Gasteiger partial charge on any atom is 0.416 e. The summed E-state index contributed by atoms with van der Waals surface area (Å²) in [5.74, 6) is -1.58. The van der Waals surface area contributed by atoms with E-state index in [1.165, 1.54) is 10.4 Å². The Morgan fingerprint density at radius 3 is 2.45 bits per heavy atom. The van der Waals surface area contributed by atoms with Gasteiger partial charge in [0.25, 0.3) is 0 Å². The minimum atomic E-state index is -4.62. The number of aliphatic carboxylic acids is 1. The lowest BCUT2D eigenvalue weighted by atomic mass is 9.84. The van der Waals surface area contributed by atoms with E-state index < -0.39 is 34.4 Å². The van der Waals surface area contributed by atoms with E-state index in [1.807, 2.05) is 39.0 Å². The topological polar surface area (TPSA) is 105 Å². The van der Waals surface area contributed by atoms with Crippen LogP contribution in [-0.4, -0.2) is 31.0 Å². The second-order valence-corrected chi connectivity index (χ2v) is 12.5. The van der Waals surface area contributed by atoms with Crippen molar-refractivity contribution in [3.8, 4) is 6.07 Å². The Kier molecular flexibility index (Phi) is 8.33. The first-order valence-corrected chi connectivity index (χ1v) is 14.3. The van der Waals surface area contributed by atoms with Gasteiger partial charge in [-0.1, -0.05) is 37.3 Å². The molecule has 1 aliphatic heterocycles. The van der Waals surface area contributed by atoms with Gasteiger partial charge < -0.3 is 5.11 Å². The molecule has 3 aromatic rings. The van der Waals surface area contributed by atoms with Crippen molar-refractivity contribution < 1.29 is 32.2 Å². The zero-order chi connectivity index (χ0) is 29.4. The van der Waals surface area contributed by atoms with Gasteiger partial charge in [-0.15, -0.1) is 10.8 Å². The van der Waals surface area contributed by atoms with Gasteiger partial charge >= 0.3 is 12.1 Å². The Hall–Kier alpha value is -3.36. The summed E-state index contributed by atoms with van der Waals surface area (Å²) in [6.07, 6.45) is -4.42. The van der Waals surface area contributed by atoms with E-state index in [1.54, 1.807) is 18.2 Å². The standard InChI is InChI=1S/C30H31F3N2O4S/c1-18-10-23-7-8-25(30(31,32)33)13-28(23)40(38,39)35(16-18)17-24-12-22(6-4-19(24)2)27(14-29(36)37)26-9-5-21(15-34)11-20(26)3/h4-9,11-13,18,27,38-39H,10,14,16-17H2,1-3H3,(H,36,37).